The van der Waals surface area contributed by atoms with E-state index in [2.05, 4.69) is 27.1 Å². The molecule has 23 heavy (non-hydrogen) atoms. The number of nitrogens with one attached hydrogen (secondary N) is 1. The summed E-state index contributed by atoms with van der Waals surface area (Å²) in [6.45, 7) is 3.69. The van der Waals surface area contributed by atoms with Gasteiger partial charge in [0.05, 0.1) is 5.01 Å². The number of guanidine groups is 1. The van der Waals surface area contributed by atoms with Crippen LogP contribution in [-0.2, 0) is 13.0 Å². The molecule has 4 nitrogen and oxygen atoms in total. The van der Waals surface area contributed by atoms with Gasteiger partial charge in [-0.15, -0.1) is 35.3 Å². The van der Waals surface area contributed by atoms with E-state index in [1.54, 1.807) is 18.4 Å². The summed E-state index contributed by atoms with van der Waals surface area (Å²) in [5, 5.41) is 5.29. The Morgan fingerprint density at radius 3 is 2.61 bits per heavy atom. The summed E-state index contributed by atoms with van der Waals surface area (Å²) >= 11 is 7.65. The van der Waals surface area contributed by atoms with Gasteiger partial charge in [-0.3, -0.25) is 4.99 Å². The van der Waals surface area contributed by atoms with E-state index >= 15 is 0 Å². The third-order valence-corrected chi connectivity index (χ3v) is 4.42. The van der Waals surface area contributed by atoms with E-state index in [0.717, 1.165) is 35.5 Å². The molecule has 0 saturated carbocycles. The lowest BCUT2D eigenvalue weighted by Crippen LogP contribution is -2.39. The van der Waals surface area contributed by atoms with E-state index in [0.29, 0.717) is 0 Å². The number of halogens is 2. The lowest BCUT2D eigenvalue weighted by molar-refractivity contribution is 0.477. The average Bonchev–Trinajstić information content (AvgIpc) is 2.91. The van der Waals surface area contributed by atoms with E-state index in [9.17, 15) is 0 Å². The predicted molar refractivity (Wildman–Crippen MR) is 110 cm³/mol. The van der Waals surface area contributed by atoms with Gasteiger partial charge in [0.25, 0.3) is 0 Å². The number of thiazole rings is 1. The summed E-state index contributed by atoms with van der Waals surface area (Å²) in [4.78, 5) is 12.0. The Hall–Kier alpha value is -0.860. The molecule has 0 aliphatic carbocycles. The van der Waals surface area contributed by atoms with Gasteiger partial charge in [-0.05, 0) is 24.6 Å². The van der Waals surface area contributed by atoms with Gasteiger partial charge in [-0.1, -0.05) is 23.7 Å². The first-order valence-electron chi connectivity index (χ1n) is 7.16. The van der Waals surface area contributed by atoms with Gasteiger partial charge in [0, 0.05) is 49.7 Å². The second kappa shape index (κ2) is 10.1. The van der Waals surface area contributed by atoms with Crippen molar-refractivity contribution in [2.45, 2.75) is 19.9 Å². The van der Waals surface area contributed by atoms with Crippen LogP contribution in [0.5, 0.6) is 0 Å². The van der Waals surface area contributed by atoms with Gasteiger partial charge in [0.2, 0.25) is 0 Å². The Kier molecular flexibility index (Phi) is 8.86. The van der Waals surface area contributed by atoms with E-state index in [-0.39, 0.29) is 24.0 Å². The highest BCUT2D eigenvalue weighted by Gasteiger charge is 2.07. The van der Waals surface area contributed by atoms with Crippen molar-refractivity contribution in [1.82, 2.24) is 15.2 Å². The molecule has 0 radical (unpaired) electrons. The van der Waals surface area contributed by atoms with Crippen LogP contribution < -0.4 is 5.32 Å². The van der Waals surface area contributed by atoms with Gasteiger partial charge in [0.1, 0.15) is 0 Å². The van der Waals surface area contributed by atoms with Crippen LogP contribution in [-0.4, -0.2) is 36.5 Å². The van der Waals surface area contributed by atoms with E-state index in [4.69, 9.17) is 11.6 Å². The molecule has 2 aromatic rings. The fourth-order valence-corrected chi connectivity index (χ4v) is 3.03. The third-order valence-electron chi connectivity index (χ3n) is 3.20. The summed E-state index contributed by atoms with van der Waals surface area (Å²) in [6, 6.07) is 7.88. The van der Waals surface area contributed by atoms with Crippen molar-refractivity contribution in [1.29, 1.82) is 0 Å². The van der Waals surface area contributed by atoms with Gasteiger partial charge < -0.3 is 10.2 Å². The van der Waals surface area contributed by atoms with Crippen molar-refractivity contribution in [2.24, 2.45) is 4.99 Å². The second-order valence-electron chi connectivity index (χ2n) is 5.07. The molecule has 0 saturated heterocycles. The van der Waals surface area contributed by atoms with Crippen molar-refractivity contribution in [3.05, 3.63) is 50.9 Å². The highest BCUT2D eigenvalue weighted by atomic mass is 127. The number of hydrogen-bond acceptors (Lipinski definition) is 3. The van der Waals surface area contributed by atoms with Gasteiger partial charge in [0.15, 0.2) is 5.96 Å². The average molecular weight is 465 g/mol. The molecule has 1 aromatic heterocycles. The van der Waals surface area contributed by atoms with E-state index in [1.165, 1.54) is 10.4 Å². The van der Waals surface area contributed by atoms with E-state index < -0.39 is 0 Å². The molecule has 0 spiro atoms. The maximum atomic E-state index is 5.91. The Morgan fingerprint density at radius 2 is 2.04 bits per heavy atom. The Labute approximate surface area is 164 Å². The van der Waals surface area contributed by atoms with Crippen LogP contribution in [0.1, 0.15) is 15.4 Å². The first-order chi connectivity index (χ1) is 10.6. The van der Waals surface area contributed by atoms with Crippen molar-refractivity contribution in [2.75, 3.05) is 20.6 Å². The number of hydrogen-bond donors (Lipinski definition) is 1. The molecule has 0 unspecified atom stereocenters. The molecule has 0 aliphatic rings. The van der Waals surface area contributed by atoms with E-state index in [1.807, 2.05) is 37.5 Å². The Bertz CT molecular complexity index is 627. The van der Waals surface area contributed by atoms with Crippen LogP contribution in [0.3, 0.4) is 0 Å². The maximum absolute atomic E-state index is 5.91. The lowest BCUT2D eigenvalue weighted by atomic mass is 10.2. The second-order valence-corrected chi connectivity index (χ2v) is 6.83. The summed E-state index contributed by atoms with van der Waals surface area (Å²) in [5.41, 5.74) is 1.20. The predicted octanol–water partition coefficient (Wildman–Crippen LogP) is 3.97. The minimum Gasteiger partial charge on any atom is -0.356 e. The Morgan fingerprint density at radius 1 is 1.35 bits per heavy atom. The quantitative estimate of drug-likeness (QED) is 0.413. The highest BCUT2D eigenvalue weighted by Crippen LogP contribution is 2.12. The lowest BCUT2D eigenvalue weighted by Gasteiger charge is -2.22. The monoisotopic (exact) mass is 464 g/mol. The molecule has 1 heterocycles. The topological polar surface area (TPSA) is 40.5 Å². The van der Waals surface area contributed by atoms with Crippen LogP contribution in [0.2, 0.25) is 5.02 Å². The number of rotatable bonds is 5. The first-order valence-corrected chi connectivity index (χ1v) is 8.35. The van der Waals surface area contributed by atoms with Gasteiger partial charge in [-0.25, -0.2) is 4.98 Å². The molecule has 1 N–H and O–H groups in total. The summed E-state index contributed by atoms with van der Waals surface area (Å²) in [5.74, 6) is 0.878. The number of aliphatic imine (C=N–C) groups is 1. The fraction of sp³-hybridized carbons (Fsp3) is 0.375. The summed E-state index contributed by atoms with van der Waals surface area (Å²) in [7, 11) is 3.83. The molecule has 7 heteroatoms. The summed E-state index contributed by atoms with van der Waals surface area (Å²) < 4.78 is 0. The van der Waals surface area contributed by atoms with Crippen LogP contribution in [0, 0.1) is 6.92 Å². The molecular weight excluding hydrogens is 443 g/mol. The minimum atomic E-state index is 0. The zero-order valence-electron chi connectivity index (χ0n) is 13.5. The standard InChI is InChI=1S/C16H21ClN4S.HI/c1-12-10-20-15(22-12)8-9-19-16(18-2)21(3)11-13-4-6-14(17)7-5-13;/h4-7,10H,8-9,11H2,1-3H3,(H,18,19);1H. The Balaban J connectivity index is 0.00000264. The minimum absolute atomic E-state index is 0. The van der Waals surface area contributed by atoms with Crippen molar-refractivity contribution < 1.29 is 0 Å². The van der Waals surface area contributed by atoms with Crippen molar-refractivity contribution >= 4 is 52.9 Å². The first kappa shape index (κ1) is 20.2. The molecule has 1 aromatic carbocycles. The number of nitrogens with zero attached hydrogens (tertiary/aromatic N) is 3. The molecule has 2 rings (SSSR count). The van der Waals surface area contributed by atoms with Crippen LogP contribution in [0.4, 0.5) is 0 Å². The molecular formula is C16H22ClIN4S. The normalized spacial score (nSPS) is 11.0. The van der Waals surface area contributed by atoms with Gasteiger partial charge in [-0.2, -0.15) is 0 Å². The number of benzene rings is 1. The zero-order chi connectivity index (χ0) is 15.9. The molecule has 0 atom stereocenters. The number of aromatic nitrogens is 1. The fourth-order valence-electron chi connectivity index (χ4n) is 2.12. The van der Waals surface area contributed by atoms with Crippen molar-refractivity contribution in [3.63, 3.8) is 0 Å². The van der Waals surface area contributed by atoms with Crippen molar-refractivity contribution in [3.8, 4) is 0 Å². The molecule has 0 fully saturated rings. The smallest absolute Gasteiger partial charge is 0.193 e. The molecule has 0 amide bonds. The number of aryl methyl sites for hydroxylation is 1. The van der Waals surface area contributed by atoms with Crippen LogP contribution in [0.25, 0.3) is 0 Å². The molecule has 126 valence electrons. The molecule has 0 aliphatic heterocycles. The third kappa shape index (κ3) is 6.64. The van der Waals surface area contributed by atoms with Crippen LogP contribution in [0.15, 0.2) is 35.5 Å². The largest absolute Gasteiger partial charge is 0.356 e. The van der Waals surface area contributed by atoms with Crippen LogP contribution >= 0.6 is 46.9 Å². The SMILES string of the molecule is CN=C(NCCc1ncc(C)s1)N(C)Cc1ccc(Cl)cc1.I. The zero-order valence-corrected chi connectivity index (χ0v) is 17.4. The maximum Gasteiger partial charge on any atom is 0.193 e. The van der Waals surface area contributed by atoms with Gasteiger partial charge >= 0.3 is 0 Å². The summed E-state index contributed by atoms with van der Waals surface area (Å²) in [6.07, 6.45) is 2.83. The molecule has 0 bridgehead atoms. The highest BCUT2D eigenvalue weighted by molar-refractivity contribution is 14.0.